The Balaban J connectivity index is 0.000000166. The van der Waals surface area contributed by atoms with Gasteiger partial charge in [-0.3, -0.25) is 26.2 Å². The van der Waals surface area contributed by atoms with Crippen molar-refractivity contribution in [3.8, 4) is 33.4 Å². The number of carboxylic acids is 1. The Morgan fingerprint density at radius 3 is 1.09 bits per heavy atom. The molecule has 4 fully saturated rings. The molecule has 4 aromatic carbocycles. The number of anilines is 4. The van der Waals surface area contributed by atoms with Crippen molar-refractivity contribution in [2.45, 2.75) is 172 Å². The van der Waals surface area contributed by atoms with E-state index in [4.69, 9.17) is 53.9 Å². The molecule has 1 amide bonds. The third-order valence-electron chi connectivity index (χ3n) is 26.1. The average Bonchev–Trinajstić information content (AvgIpc) is 1.58. The summed E-state index contributed by atoms with van der Waals surface area (Å²) in [4.78, 5) is 75.5. The molecule has 7 N–H and O–H groups in total. The van der Waals surface area contributed by atoms with Crippen molar-refractivity contribution in [1.82, 2.24) is 32.9 Å². The molecule has 0 aliphatic carbocycles. The monoisotopic (exact) mass is 1960 g/mol. The van der Waals surface area contributed by atoms with E-state index in [0.717, 1.165) is 259 Å². The van der Waals surface area contributed by atoms with Gasteiger partial charge in [-0.25, -0.2) is 14.5 Å². The number of halogens is 2. The first-order valence-electron chi connectivity index (χ1n) is 47.0. The van der Waals surface area contributed by atoms with Gasteiger partial charge >= 0.3 is 42.6 Å². The minimum Gasteiger partial charge on any atom is -0.870 e. The van der Waals surface area contributed by atoms with Crippen LogP contribution >= 0.6 is 27.7 Å². The first-order chi connectivity index (χ1) is 65.8. The van der Waals surface area contributed by atoms with E-state index in [-0.39, 0.29) is 65.1 Å². The maximum Gasteiger partial charge on any atom is 1.00 e. The summed E-state index contributed by atoms with van der Waals surface area (Å²) in [6.45, 7) is 49.5. The van der Waals surface area contributed by atoms with Gasteiger partial charge in [0, 0.05) is 217 Å². The van der Waals surface area contributed by atoms with Crippen LogP contribution in [0.5, 0.6) is 0 Å². The second-order valence-electron chi connectivity index (χ2n) is 34.8. The molecule has 14 aromatic rings. The number of nitrogens with one attached hydrogen (secondary N) is 3. The van der Waals surface area contributed by atoms with E-state index in [1.807, 2.05) is 120 Å². The fourth-order valence-corrected chi connectivity index (χ4v) is 19.7. The summed E-state index contributed by atoms with van der Waals surface area (Å²) < 4.78 is 32.2. The standard InChI is InChI=1S/C31H36N4O3.C23H25N3O.C23H26N2O3.C17H20BrN3O.C8H10ClN2O.C6H7BO2.Na.H2O/c1-5-34(25-11-13-38-14-12-25)31-22(4)27(29(36)32-18-28-20(2)15-21(3)33-30(28)37)17-26-16-24(19-35(26)31)23-9-7-6-8-10-23;1-4-25(20-10-12-27-13-11-20)23-17(2)22(24-3)15-21-14-19(16-26(21)23)18-8-6-5-7-9-18;1-3-24(19-9-11-28-12-10-19)22-16(2)21(23(26)27)14-20-13-18(15-25(20)22)17-7-5-4-6-8-17;1-4-20(14-5-7-22-8-6-14)17-12(2)16(19-3)10-15-9-13(18)11-21(15)17;1-5-3-6(2)11-8(12)7(5)4-10-9;8-7(9)6-4-2-1-3-5-6;;/h6-10,15-17,19,25H,5,11-14,18H2,1-4H3,(H,32,36)(H,33,37);5-9,14-16,20H,4,10-13H2,1-2H3;4-8,13-15,19H,3,9-12H2,1-2H3,(H,26,27);9-11,14H,4-8H2,1-2H3;3H,4H2,1-2H3,(H,11,12);1-5,8-9H;;1H2/q;;;;-1;;+1;/p-1. The summed E-state index contributed by atoms with van der Waals surface area (Å²) in [6, 6.07) is 61.2. The smallest absolute Gasteiger partial charge is 0.870 e. The molecule has 10 aromatic heterocycles. The third kappa shape index (κ3) is 25.6. The Kier molecular flexibility index (Phi) is 39.4. The van der Waals surface area contributed by atoms with Gasteiger partial charge in [0.05, 0.1) is 18.7 Å². The van der Waals surface area contributed by atoms with Gasteiger partial charge in [-0.2, -0.15) is 0 Å². The number of aromatic carboxylic acids is 1. The Morgan fingerprint density at radius 2 is 0.768 bits per heavy atom. The van der Waals surface area contributed by atoms with Crippen LogP contribution in [0.2, 0.25) is 0 Å². The van der Waals surface area contributed by atoms with Gasteiger partial charge in [0.2, 0.25) is 5.56 Å². The number of carbonyl (C=O) groups excluding carboxylic acids is 1. The number of fused-ring (bicyclic) bond motifs is 4. The van der Waals surface area contributed by atoms with Crippen molar-refractivity contribution < 1.29 is 78.7 Å². The van der Waals surface area contributed by atoms with Gasteiger partial charge in [0.15, 0.2) is 11.4 Å². The Morgan fingerprint density at radius 1 is 0.457 bits per heavy atom. The van der Waals surface area contributed by atoms with Gasteiger partial charge < -0.3 is 96.9 Å². The van der Waals surface area contributed by atoms with Crippen molar-refractivity contribution in [1.29, 1.82) is 0 Å². The number of hydrogen-bond acceptors (Lipinski definition) is 15. The molecule has 26 nitrogen and oxygen atoms in total. The number of amides is 1. The maximum atomic E-state index is 13.6. The molecule has 14 heterocycles. The van der Waals surface area contributed by atoms with Gasteiger partial charge in [-0.05, 0) is 255 Å². The minimum atomic E-state index is -1.34. The van der Waals surface area contributed by atoms with Crippen LogP contribution < -0.4 is 71.1 Å². The Hall–Kier alpha value is -11.5. The van der Waals surface area contributed by atoms with Gasteiger partial charge in [-0.15, -0.1) is 6.54 Å². The number of ether oxygens (including phenoxy) is 4. The number of H-pyrrole nitrogens is 2. The second-order valence-corrected chi connectivity index (χ2v) is 35.9. The largest absolute Gasteiger partial charge is 1.00 e. The number of pyridine rings is 6. The van der Waals surface area contributed by atoms with E-state index >= 15 is 0 Å². The molecule has 0 unspecified atom stereocenters. The van der Waals surface area contributed by atoms with Crippen molar-refractivity contribution in [3.63, 3.8) is 0 Å². The molecule has 0 bridgehead atoms. The average molecular weight is 1960 g/mol. The number of aromatic nitrogens is 6. The molecule has 0 spiro atoms. The fraction of sp³-hybridized carbons (Fsp3) is 0.352. The van der Waals surface area contributed by atoms with Crippen LogP contribution in [0.15, 0.2) is 221 Å². The first-order valence-corrected chi connectivity index (χ1v) is 48.1. The molecular weight excluding hydrogens is 1830 g/mol. The summed E-state index contributed by atoms with van der Waals surface area (Å²) in [5, 5.41) is 30.0. The molecule has 138 heavy (non-hydrogen) atoms. The number of aryl methyl sites for hydroxylation is 4. The maximum absolute atomic E-state index is 13.6. The molecule has 718 valence electrons. The van der Waals surface area contributed by atoms with Crippen molar-refractivity contribution in [2.24, 2.45) is 0 Å². The molecule has 0 atom stereocenters. The quantitative estimate of drug-likeness (QED) is 0.0271. The molecule has 4 saturated heterocycles. The summed E-state index contributed by atoms with van der Waals surface area (Å²) in [7, 11) is -1.34. The second kappa shape index (κ2) is 50.9. The molecule has 4 aliphatic heterocycles. The number of benzene rings is 4. The summed E-state index contributed by atoms with van der Waals surface area (Å²) in [6.07, 6.45) is 16.6. The molecule has 30 heteroatoms. The van der Waals surface area contributed by atoms with Crippen LogP contribution in [0.25, 0.3) is 70.0 Å². The van der Waals surface area contributed by atoms with E-state index in [2.05, 4.69) is 222 Å². The van der Waals surface area contributed by atoms with E-state index in [1.165, 1.54) is 11.1 Å². The number of carboxylic acid groups (broad SMARTS) is 1. The predicted molar refractivity (Wildman–Crippen MR) is 555 cm³/mol. The summed E-state index contributed by atoms with van der Waals surface area (Å²) in [5.74, 6) is 3.24. The molecule has 4 aliphatic rings. The molecule has 18 rings (SSSR count). The van der Waals surface area contributed by atoms with Crippen LogP contribution in [-0.4, -0.2) is 170 Å². The number of nitrogens with zero attached hydrogens (tertiary/aromatic N) is 11. The zero-order chi connectivity index (χ0) is 96.8. The van der Waals surface area contributed by atoms with E-state index < -0.39 is 13.1 Å². The Bertz CT molecular complexity index is 6650. The number of carbonyl (C=O) groups is 2. The van der Waals surface area contributed by atoms with Gasteiger partial charge in [0.25, 0.3) is 11.5 Å². The minimum absolute atomic E-state index is 0. The van der Waals surface area contributed by atoms with Crippen LogP contribution in [0.1, 0.15) is 156 Å². The SMILES string of the molecule is CCN(c1c(C)c(C(=O)NCc2c(C)cc(C)[nH]c2=O)cc2cc(-c3ccccc3)cn12)C1CCOCC1.CCN(c1c(C)c(C(=O)O)cc2cc(-c3ccccc3)cn12)C1CCOCC1.Cc1cc(C)c(C[N-]Cl)c(=O)[nH]1.OB(O)c1ccccc1.[C-]#[N+]c1cc2cc(-c3ccccc3)cn2c(N(CC)C2CCOCC2)c1C.[C-]#[N+]c1cc2cc(Br)cn2c(N(CC)C2CCOCC2)c1C.[Na+].[OH-]. The van der Waals surface area contributed by atoms with Crippen molar-refractivity contribution >= 4 is 109 Å². The van der Waals surface area contributed by atoms with Gasteiger partial charge in [-0.1, -0.05) is 121 Å². The summed E-state index contributed by atoms with van der Waals surface area (Å²) in [5.41, 5.74) is 22.1. The van der Waals surface area contributed by atoms with Crippen molar-refractivity contribution in [3.05, 3.63) is 327 Å². The van der Waals surface area contributed by atoms with E-state index in [0.29, 0.717) is 51.9 Å². The normalized spacial score (nSPS) is 13.9. The van der Waals surface area contributed by atoms with Crippen molar-refractivity contribution in [2.75, 3.05) is 98.6 Å². The third-order valence-corrected chi connectivity index (χ3v) is 26.6. The first kappa shape index (κ1) is 107. The summed E-state index contributed by atoms with van der Waals surface area (Å²) >= 11 is 8.75. The van der Waals surface area contributed by atoms with Gasteiger partial charge in [0.1, 0.15) is 23.3 Å². The zero-order valence-corrected chi connectivity index (χ0v) is 85.6. The number of rotatable bonds is 22. The fourth-order valence-electron chi connectivity index (χ4n) is 19.2. The van der Waals surface area contributed by atoms with Crippen LogP contribution in [0.3, 0.4) is 0 Å². The van der Waals surface area contributed by atoms with Crippen LogP contribution in [0.4, 0.5) is 34.6 Å². The van der Waals surface area contributed by atoms with E-state index in [9.17, 15) is 24.3 Å². The zero-order valence-electron chi connectivity index (χ0n) is 81.3. The van der Waals surface area contributed by atoms with Crippen LogP contribution in [0, 0.1) is 68.5 Å². The van der Waals surface area contributed by atoms with Crippen LogP contribution in [-0.2, 0) is 32.0 Å². The predicted octanol–water partition coefficient (Wildman–Crippen LogP) is 18.0. The topological polar surface area (TPSA) is 293 Å². The molecule has 0 radical (unpaired) electrons. The number of aromatic amines is 2. The van der Waals surface area contributed by atoms with E-state index in [1.54, 1.807) is 30.3 Å². The molecular formula is C108H125BBrClN14NaO12-. The molecule has 0 saturated carbocycles. The Labute approximate surface area is 844 Å². The number of hydrogen-bond donors (Lipinski definition) is 6.